The fourth-order valence-electron chi connectivity index (χ4n) is 4.46. The highest BCUT2D eigenvalue weighted by molar-refractivity contribution is 9.25. The van der Waals surface area contributed by atoms with Crippen LogP contribution in [0.1, 0.15) is 33.8 Å². The SMILES string of the molecule is COc1cc([C@H]2C(Br)(Br)[C@@]23CCc2ccccc2C3=O)cc(OC)c1OC. The molecule has 2 aliphatic rings. The minimum atomic E-state index is -0.536. The van der Waals surface area contributed by atoms with Gasteiger partial charge in [0.2, 0.25) is 5.75 Å². The van der Waals surface area contributed by atoms with Gasteiger partial charge in [-0.05, 0) is 36.1 Å². The second-order valence-electron chi connectivity index (χ2n) is 6.97. The lowest BCUT2D eigenvalue weighted by Gasteiger charge is -2.25. The first-order valence-corrected chi connectivity index (χ1v) is 10.3. The number of benzene rings is 2. The quantitative estimate of drug-likeness (QED) is 0.553. The second kappa shape index (κ2) is 6.52. The van der Waals surface area contributed by atoms with Gasteiger partial charge in [0.1, 0.15) is 3.23 Å². The molecule has 4 nitrogen and oxygen atoms in total. The van der Waals surface area contributed by atoms with Crippen LogP contribution in [0.25, 0.3) is 0 Å². The van der Waals surface area contributed by atoms with Gasteiger partial charge in [0, 0.05) is 11.5 Å². The van der Waals surface area contributed by atoms with E-state index in [1.165, 1.54) is 0 Å². The molecule has 2 atom stereocenters. The van der Waals surface area contributed by atoms with E-state index < -0.39 is 8.65 Å². The average molecular weight is 496 g/mol. The monoisotopic (exact) mass is 494 g/mol. The number of methoxy groups -OCH3 is 3. The van der Waals surface area contributed by atoms with Crippen molar-refractivity contribution in [3.8, 4) is 17.2 Å². The maximum absolute atomic E-state index is 13.5. The average Bonchev–Trinajstić information content (AvgIpc) is 3.19. The molecular formula is C21H20Br2O4. The zero-order valence-corrected chi connectivity index (χ0v) is 18.5. The molecule has 1 spiro atoms. The highest BCUT2D eigenvalue weighted by atomic mass is 79.9. The number of ketones is 1. The van der Waals surface area contributed by atoms with Crippen molar-refractivity contribution in [2.24, 2.45) is 5.41 Å². The molecule has 0 unspecified atom stereocenters. The van der Waals surface area contributed by atoms with Crippen molar-refractivity contribution >= 4 is 37.6 Å². The normalized spacial score (nSPS) is 25.1. The molecule has 0 aliphatic heterocycles. The molecule has 0 bridgehead atoms. The Labute approximate surface area is 175 Å². The van der Waals surface area contributed by atoms with Gasteiger partial charge in [-0.15, -0.1) is 0 Å². The Morgan fingerprint density at radius 3 is 2.22 bits per heavy atom. The molecule has 0 N–H and O–H groups in total. The van der Waals surface area contributed by atoms with E-state index in [0.29, 0.717) is 17.2 Å². The number of aryl methyl sites for hydroxylation is 1. The summed E-state index contributed by atoms with van der Waals surface area (Å²) in [4.78, 5) is 13.5. The van der Waals surface area contributed by atoms with E-state index in [2.05, 4.69) is 31.9 Å². The number of fused-ring (bicyclic) bond motifs is 1. The summed E-state index contributed by atoms with van der Waals surface area (Å²) >= 11 is 7.62. The molecule has 0 saturated heterocycles. The van der Waals surface area contributed by atoms with E-state index in [4.69, 9.17) is 14.2 Å². The summed E-state index contributed by atoms with van der Waals surface area (Å²) in [5.74, 6) is 1.87. The van der Waals surface area contributed by atoms with Crippen LogP contribution in [0.5, 0.6) is 17.2 Å². The minimum Gasteiger partial charge on any atom is -0.493 e. The van der Waals surface area contributed by atoms with Gasteiger partial charge in [-0.2, -0.15) is 0 Å². The number of alkyl halides is 2. The second-order valence-corrected chi connectivity index (χ2v) is 10.5. The number of hydrogen-bond acceptors (Lipinski definition) is 4. The summed E-state index contributed by atoms with van der Waals surface area (Å²) in [5, 5.41) is 0. The van der Waals surface area contributed by atoms with Gasteiger partial charge in [-0.25, -0.2) is 0 Å². The predicted octanol–water partition coefficient (Wildman–Crippen LogP) is 5.11. The van der Waals surface area contributed by atoms with Gasteiger partial charge in [0.25, 0.3) is 0 Å². The highest BCUT2D eigenvalue weighted by Crippen LogP contribution is 2.79. The van der Waals surface area contributed by atoms with Crippen LogP contribution in [0.2, 0.25) is 0 Å². The summed E-state index contributed by atoms with van der Waals surface area (Å²) in [7, 11) is 4.78. The van der Waals surface area contributed by atoms with E-state index in [0.717, 1.165) is 29.5 Å². The van der Waals surface area contributed by atoms with Crippen molar-refractivity contribution < 1.29 is 19.0 Å². The highest BCUT2D eigenvalue weighted by Gasteiger charge is 2.79. The first-order chi connectivity index (χ1) is 12.9. The first kappa shape index (κ1) is 18.8. The summed E-state index contributed by atoms with van der Waals surface area (Å²) < 4.78 is 15.9. The van der Waals surface area contributed by atoms with Crippen LogP contribution >= 0.6 is 31.9 Å². The third kappa shape index (κ3) is 2.49. The third-order valence-electron chi connectivity index (χ3n) is 5.84. The van der Waals surface area contributed by atoms with Crippen molar-refractivity contribution in [3.63, 3.8) is 0 Å². The molecule has 2 aromatic rings. The first-order valence-electron chi connectivity index (χ1n) is 8.72. The summed E-state index contributed by atoms with van der Waals surface area (Å²) in [5.41, 5.74) is 2.39. The Hall–Kier alpha value is -1.53. The predicted molar refractivity (Wildman–Crippen MR) is 111 cm³/mol. The Morgan fingerprint density at radius 2 is 1.63 bits per heavy atom. The topological polar surface area (TPSA) is 44.8 Å². The fourth-order valence-corrected chi connectivity index (χ4v) is 6.75. The number of rotatable bonds is 4. The van der Waals surface area contributed by atoms with E-state index in [1.54, 1.807) is 21.3 Å². The number of hydrogen-bond donors (Lipinski definition) is 0. The number of carbonyl (C=O) groups excluding carboxylic acids is 1. The van der Waals surface area contributed by atoms with Crippen LogP contribution in [-0.2, 0) is 6.42 Å². The Balaban J connectivity index is 1.82. The van der Waals surface area contributed by atoms with Gasteiger partial charge in [0.15, 0.2) is 17.3 Å². The van der Waals surface area contributed by atoms with E-state index in [1.807, 2.05) is 36.4 Å². The largest absolute Gasteiger partial charge is 0.493 e. The van der Waals surface area contributed by atoms with Crippen LogP contribution in [0.3, 0.4) is 0 Å². The molecule has 0 radical (unpaired) electrons. The molecule has 1 saturated carbocycles. The summed E-state index contributed by atoms with van der Waals surface area (Å²) in [6, 6.07) is 11.8. The van der Waals surface area contributed by atoms with Crippen LogP contribution in [0.4, 0.5) is 0 Å². The molecule has 2 aliphatic carbocycles. The number of Topliss-reactive ketones (excluding diaryl/α,β-unsaturated/α-hetero) is 1. The van der Waals surface area contributed by atoms with Crippen molar-refractivity contribution in [2.75, 3.05) is 21.3 Å². The van der Waals surface area contributed by atoms with Gasteiger partial charge in [-0.1, -0.05) is 56.1 Å². The summed E-state index contributed by atoms with van der Waals surface area (Å²) in [6.07, 6.45) is 1.66. The molecule has 2 aromatic carbocycles. The van der Waals surface area contributed by atoms with Gasteiger partial charge in [0.05, 0.1) is 26.7 Å². The van der Waals surface area contributed by atoms with Gasteiger partial charge >= 0.3 is 0 Å². The number of ether oxygens (including phenoxy) is 3. The smallest absolute Gasteiger partial charge is 0.203 e. The standard InChI is InChI=1S/C21H20Br2O4/c1-25-15-10-13(11-16(26-2)17(15)27-3)18-20(21(18,22)23)9-8-12-6-4-5-7-14(12)19(20)24/h4-7,10-11,18H,8-9H2,1-3H3/t18-,20+/m1/s1. The lowest BCUT2D eigenvalue weighted by Crippen LogP contribution is -2.28. The molecule has 4 rings (SSSR count). The maximum atomic E-state index is 13.5. The summed E-state index contributed by atoms with van der Waals surface area (Å²) in [6.45, 7) is 0. The zero-order chi connectivity index (χ0) is 19.4. The molecule has 142 valence electrons. The molecular weight excluding hydrogens is 476 g/mol. The van der Waals surface area contributed by atoms with Gasteiger partial charge < -0.3 is 14.2 Å². The number of carbonyl (C=O) groups is 1. The fraction of sp³-hybridized carbons (Fsp3) is 0.381. The molecule has 6 heteroatoms. The lowest BCUT2D eigenvalue weighted by molar-refractivity contribution is 0.0875. The van der Waals surface area contributed by atoms with Crippen molar-refractivity contribution in [1.82, 2.24) is 0 Å². The lowest BCUT2D eigenvalue weighted by atomic mass is 9.78. The van der Waals surface area contributed by atoms with Crippen molar-refractivity contribution in [1.29, 1.82) is 0 Å². The Morgan fingerprint density at radius 1 is 1.00 bits per heavy atom. The van der Waals surface area contributed by atoms with E-state index in [-0.39, 0.29) is 11.7 Å². The van der Waals surface area contributed by atoms with E-state index in [9.17, 15) is 4.79 Å². The Kier molecular flexibility index (Phi) is 4.54. The Bertz CT molecular complexity index is 899. The van der Waals surface area contributed by atoms with Crippen LogP contribution in [0.15, 0.2) is 36.4 Å². The zero-order valence-electron chi connectivity index (χ0n) is 15.3. The molecule has 27 heavy (non-hydrogen) atoms. The number of halogens is 2. The molecule has 0 aromatic heterocycles. The van der Waals surface area contributed by atoms with Crippen molar-refractivity contribution in [3.05, 3.63) is 53.1 Å². The van der Waals surface area contributed by atoms with Gasteiger partial charge in [-0.3, -0.25) is 4.79 Å². The third-order valence-corrected chi connectivity index (χ3v) is 8.17. The van der Waals surface area contributed by atoms with Crippen LogP contribution < -0.4 is 14.2 Å². The molecule has 1 fully saturated rings. The van der Waals surface area contributed by atoms with E-state index >= 15 is 0 Å². The van der Waals surface area contributed by atoms with Crippen LogP contribution in [-0.4, -0.2) is 30.3 Å². The minimum absolute atomic E-state index is 0.0421. The molecule has 0 heterocycles. The van der Waals surface area contributed by atoms with Crippen LogP contribution in [0, 0.1) is 5.41 Å². The van der Waals surface area contributed by atoms with Crippen molar-refractivity contribution in [2.45, 2.75) is 22.0 Å². The maximum Gasteiger partial charge on any atom is 0.203 e. The molecule has 0 amide bonds.